The molecule has 3 aromatic rings. The van der Waals surface area contributed by atoms with Crippen molar-refractivity contribution in [3.63, 3.8) is 0 Å². The number of halogens is 1. The summed E-state index contributed by atoms with van der Waals surface area (Å²) in [6.07, 6.45) is -0.367. The Morgan fingerprint density at radius 3 is 2.25 bits per heavy atom. The van der Waals surface area contributed by atoms with Gasteiger partial charge in [0, 0.05) is 5.56 Å². The third kappa shape index (κ3) is 5.33. The maximum Gasteiger partial charge on any atom is 0.276 e. The first-order chi connectivity index (χ1) is 17.4. The van der Waals surface area contributed by atoms with E-state index in [0.29, 0.717) is 11.5 Å². The standard InChI is InChI=1S/C26H22FN3O6/c1-35-20-11-13-21(14-12-20)36-16-23(31)28-30(25(33)17-5-3-2-4-6-17)22-15-24(32)29(26(22)34)19-9-7-18(27)8-10-19/h2-14,22H,15-16H2,1H3,(H,28,31). The summed E-state index contributed by atoms with van der Waals surface area (Å²) in [5.41, 5.74) is 2.78. The number of nitrogens with zero attached hydrogens (tertiary/aromatic N) is 2. The number of carbonyl (C=O) groups is 4. The molecule has 1 aliphatic rings. The van der Waals surface area contributed by atoms with Crippen LogP contribution >= 0.6 is 0 Å². The van der Waals surface area contributed by atoms with Gasteiger partial charge in [-0.25, -0.2) is 14.3 Å². The summed E-state index contributed by atoms with van der Waals surface area (Å²) in [7, 11) is 1.52. The van der Waals surface area contributed by atoms with Gasteiger partial charge in [0.15, 0.2) is 6.61 Å². The lowest BCUT2D eigenvalue weighted by Crippen LogP contribution is -2.55. The SMILES string of the molecule is COc1ccc(OCC(=O)NN(C(=O)c2ccccc2)C2CC(=O)N(c3ccc(F)cc3)C2=O)cc1. The maximum atomic E-state index is 13.3. The highest BCUT2D eigenvalue weighted by atomic mass is 19.1. The lowest BCUT2D eigenvalue weighted by Gasteiger charge is -2.28. The molecular weight excluding hydrogens is 469 g/mol. The zero-order chi connectivity index (χ0) is 25.7. The van der Waals surface area contributed by atoms with Crippen molar-refractivity contribution in [2.24, 2.45) is 0 Å². The quantitative estimate of drug-likeness (QED) is 0.403. The van der Waals surface area contributed by atoms with Gasteiger partial charge >= 0.3 is 0 Å². The van der Waals surface area contributed by atoms with E-state index >= 15 is 0 Å². The fourth-order valence-corrected chi connectivity index (χ4v) is 3.66. The molecule has 0 saturated carbocycles. The molecule has 1 heterocycles. The van der Waals surface area contributed by atoms with Crippen molar-refractivity contribution in [2.75, 3.05) is 18.6 Å². The zero-order valence-corrected chi connectivity index (χ0v) is 19.2. The molecule has 1 saturated heterocycles. The van der Waals surface area contributed by atoms with E-state index in [4.69, 9.17) is 9.47 Å². The first-order valence-corrected chi connectivity index (χ1v) is 10.9. The summed E-state index contributed by atoms with van der Waals surface area (Å²) in [6.45, 7) is -0.457. The molecule has 3 aromatic carbocycles. The number of hydrogen-bond donors (Lipinski definition) is 1. The van der Waals surface area contributed by atoms with Crippen molar-refractivity contribution in [3.05, 3.63) is 90.2 Å². The first kappa shape index (κ1) is 24.4. The molecular formula is C26H22FN3O6. The van der Waals surface area contributed by atoms with Gasteiger partial charge in [-0.2, -0.15) is 0 Å². The topological polar surface area (TPSA) is 105 Å². The minimum Gasteiger partial charge on any atom is -0.497 e. The van der Waals surface area contributed by atoms with E-state index in [0.717, 1.165) is 22.0 Å². The Morgan fingerprint density at radius 1 is 0.972 bits per heavy atom. The average molecular weight is 491 g/mol. The van der Waals surface area contributed by atoms with E-state index in [9.17, 15) is 23.6 Å². The Labute approximate surface area is 206 Å². The Balaban J connectivity index is 1.54. The number of ether oxygens (including phenoxy) is 2. The second kappa shape index (κ2) is 10.7. The van der Waals surface area contributed by atoms with Gasteiger partial charge in [0.2, 0.25) is 5.91 Å². The molecule has 0 radical (unpaired) electrons. The Morgan fingerprint density at radius 2 is 1.61 bits per heavy atom. The zero-order valence-electron chi connectivity index (χ0n) is 19.2. The maximum absolute atomic E-state index is 13.3. The van der Waals surface area contributed by atoms with Crippen molar-refractivity contribution < 1.29 is 33.0 Å². The molecule has 4 amide bonds. The van der Waals surface area contributed by atoms with Gasteiger partial charge in [-0.05, 0) is 60.7 Å². The molecule has 1 unspecified atom stereocenters. The molecule has 10 heteroatoms. The second-order valence-corrected chi connectivity index (χ2v) is 7.80. The average Bonchev–Trinajstić information content (AvgIpc) is 3.20. The Hall–Kier alpha value is -4.73. The summed E-state index contributed by atoms with van der Waals surface area (Å²) in [5, 5.41) is 0.846. The third-order valence-corrected chi connectivity index (χ3v) is 5.43. The van der Waals surface area contributed by atoms with Gasteiger partial charge in [-0.1, -0.05) is 18.2 Å². The fourth-order valence-electron chi connectivity index (χ4n) is 3.66. The van der Waals surface area contributed by atoms with Crippen LogP contribution in [0, 0.1) is 5.82 Å². The summed E-state index contributed by atoms with van der Waals surface area (Å²) in [4.78, 5) is 52.8. The molecule has 0 bridgehead atoms. The minimum atomic E-state index is -1.31. The number of hydrazine groups is 1. The van der Waals surface area contributed by atoms with Crippen molar-refractivity contribution in [2.45, 2.75) is 12.5 Å². The summed E-state index contributed by atoms with van der Waals surface area (Å²) in [5.74, 6) is -2.24. The van der Waals surface area contributed by atoms with E-state index in [2.05, 4.69) is 5.43 Å². The predicted molar refractivity (Wildman–Crippen MR) is 127 cm³/mol. The van der Waals surface area contributed by atoms with E-state index in [1.54, 1.807) is 42.5 Å². The summed E-state index contributed by atoms with van der Waals surface area (Å²) >= 11 is 0. The molecule has 184 valence electrons. The number of anilines is 1. The van der Waals surface area contributed by atoms with Crippen LogP contribution in [0.25, 0.3) is 0 Å². The lowest BCUT2D eigenvalue weighted by atomic mass is 10.1. The highest BCUT2D eigenvalue weighted by molar-refractivity contribution is 6.23. The highest BCUT2D eigenvalue weighted by Crippen LogP contribution is 2.26. The van der Waals surface area contributed by atoms with Crippen LogP contribution in [-0.2, 0) is 14.4 Å². The Kier molecular flexibility index (Phi) is 7.24. The predicted octanol–water partition coefficient (Wildman–Crippen LogP) is 2.72. The van der Waals surface area contributed by atoms with Crippen LogP contribution in [0.1, 0.15) is 16.8 Å². The van der Waals surface area contributed by atoms with Gasteiger partial charge < -0.3 is 9.47 Å². The van der Waals surface area contributed by atoms with E-state index in [1.165, 1.54) is 31.4 Å². The monoisotopic (exact) mass is 491 g/mol. The lowest BCUT2D eigenvalue weighted by molar-refractivity contribution is -0.130. The molecule has 4 rings (SSSR count). The number of methoxy groups -OCH3 is 1. The number of rotatable bonds is 7. The van der Waals surface area contributed by atoms with Crippen LogP contribution < -0.4 is 19.8 Å². The van der Waals surface area contributed by atoms with Gasteiger partial charge in [-0.3, -0.25) is 24.6 Å². The van der Waals surface area contributed by atoms with Crippen LogP contribution in [0.3, 0.4) is 0 Å². The largest absolute Gasteiger partial charge is 0.497 e. The van der Waals surface area contributed by atoms with Crippen molar-refractivity contribution in [3.8, 4) is 11.5 Å². The van der Waals surface area contributed by atoms with Crippen LogP contribution in [0.5, 0.6) is 11.5 Å². The van der Waals surface area contributed by atoms with E-state index < -0.39 is 42.1 Å². The van der Waals surface area contributed by atoms with Crippen LogP contribution in [-0.4, -0.2) is 48.4 Å². The van der Waals surface area contributed by atoms with Gasteiger partial charge in [0.1, 0.15) is 23.4 Å². The first-order valence-electron chi connectivity index (χ1n) is 10.9. The molecule has 1 fully saturated rings. The van der Waals surface area contributed by atoms with Gasteiger partial charge in [-0.15, -0.1) is 0 Å². The number of hydrogen-bond acceptors (Lipinski definition) is 6. The molecule has 9 nitrogen and oxygen atoms in total. The minimum absolute atomic E-state index is 0.162. The van der Waals surface area contributed by atoms with Crippen LogP contribution in [0.15, 0.2) is 78.9 Å². The summed E-state index contributed by atoms with van der Waals surface area (Å²) < 4.78 is 23.9. The molecule has 1 aliphatic heterocycles. The molecule has 36 heavy (non-hydrogen) atoms. The van der Waals surface area contributed by atoms with Gasteiger partial charge in [0.25, 0.3) is 17.7 Å². The smallest absolute Gasteiger partial charge is 0.276 e. The van der Waals surface area contributed by atoms with Crippen LogP contribution in [0.2, 0.25) is 0 Å². The van der Waals surface area contributed by atoms with E-state index in [1.807, 2.05) is 0 Å². The van der Waals surface area contributed by atoms with Crippen molar-refractivity contribution in [1.82, 2.24) is 10.4 Å². The van der Waals surface area contributed by atoms with Crippen molar-refractivity contribution in [1.29, 1.82) is 0 Å². The molecule has 0 aromatic heterocycles. The number of benzene rings is 3. The van der Waals surface area contributed by atoms with Crippen molar-refractivity contribution >= 4 is 29.3 Å². The molecule has 0 aliphatic carbocycles. The normalized spacial score (nSPS) is 14.9. The molecule has 1 atom stereocenters. The molecule has 1 N–H and O–H groups in total. The van der Waals surface area contributed by atoms with E-state index in [-0.39, 0.29) is 17.7 Å². The number of amides is 4. The van der Waals surface area contributed by atoms with Gasteiger partial charge in [0.05, 0.1) is 19.2 Å². The number of nitrogens with one attached hydrogen (secondary N) is 1. The second-order valence-electron chi connectivity index (χ2n) is 7.80. The summed E-state index contributed by atoms with van der Waals surface area (Å²) in [6, 6.07) is 18.1. The third-order valence-electron chi connectivity index (χ3n) is 5.43. The Bertz CT molecular complexity index is 1270. The number of imide groups is 1. The van der Waals surface area contributed by atoms with Crippen LogP contribution in [0.4, 0.5) is 10.1 Å². The highest BCUT2D eigenvalue weighted by Gasteiger charge is 2.45. The number of carbonyl (C=O) groups excluding carboxylic acids is 4. The fraction of sp³-hybridized carbons (Fsp3) is 0.154. The molecule has 0 spiro atoms.